The molecule has 0 saturated carbocycles. The maximum absolute atomic E-state index is 12.0. The van der Waals surface area contributed by atoms with Crippen molar-refractivity contribution in [3.05, 3.63) is 42.5 Å². The minimum absolute atomic E-state index is 0.230. The molecule has 1 amide bonds. The first-order valence-corrected chi connectivity index (χ1v) is 11.6. The van der Waals surface area contributed by atoms with Gasteiger partial charge in [0.1, 0.15) is 24.2 Å². The van der Waals surface area contributed by atoms with Crippen molar-refractivity contribution in [2.24, 2.45) is 0 Å². The maximum atomic E-state index is 12.0. The molecule has 0 bridgehead atoms. The molecule has 10 heteroatoms. The molecule has 34 heavy (non-hydrogen) atoms. The molecule has 0 radical (unpaired) electrons. The number of hydrogen-bond donors (Lipinski definition) is 1. The number of rotatable bonds is 7. The second-order valence-electron chi connectivity index (χ2n) is 7.85. The molecule has 1 N–H and O–H groups in total. The third-order valence-electron chi connectivity index (χ3n) is 5.04. The number of esters is 3. The van der Waals surface area contributed by atoms with Crippen LogP contribution in [-0.4, -0.2) is 60.2 Å². The van der Waals surface area contributed by atoms with E-state index >= 15 is 0 Å². The molecule has 1 fully saturated rings. The fourth-order valence-corrected chi connectivity index (χ4v) is 4.94. The van der Waals surface area contributed by atoms with Gasteiger partial charge in [0.05, 0.1) is 0 Å². The van der Waals surface area contributed by atoms with Crippen LogP contribution in [0.2, 0.25) is 0 Å². The predicted octanol–water partition coefficient (Wildman–Crippen LogP) is 2.59. The van der Waals surface area contributed by atoms with Gasteiger partial charge in [0.2, 0.25) is 5.91 Å². The lowest BCUT2D eigenvalue weighted by Gasteiger charge is -2.45. The van der Waals surface area contributed by atoms with Gasteiger partial charge in [-0.05, 0) is 22.9 Å². The van der Waals surface area contributed by atoms with Gasteiger partial charge in [0.15, 0.2) is 12.2 Å². The van der Waals surface area contributed by atoms with Crippen LogP contribution in [0.15, 0.2) is 47.4 Å². The third kappa shape index (κ3) is 6.71. The Bertz CT molecular complexity index is 1070. The van der Waals surface area contributed by atoms with E-state index in [2.05, 4.69) is 5.32 Å². The Morgan fingerprint density at radius 1 is 0.882 bits per heavy atom. The number of hydrogen-bond acceptors (Lipinski definition) is 9. The highest BCUT2D eigenvalue weighted by atomic mass is 32.2. The van der Waals surface area contributed by atoms with Gasteiger partial charge < -0.3 is 24.3 Å². The maximum Gasteiger partial charge on any atom is 0.303 e. The van der Waals surface area contributed by atoms with Gasteiger partial charge in [-0.15, -0.1) is 0 Å². The first-order chi connectivity index (χ1) is 16.1. The smallest absolute Gasteiger partial charge is 0.303 e. The van der Waals surface area contributed by atoms with Gasteiger partial charge in [-0.3, -0.25) is 19.2 Å². The Morgan fingerprint density at radius 2 is 1.53 bits per heavy atom. The summed E-state index contributed by atoms with van der Waals surface area (Å²) < 4.78 is 22.3. The van der Waals surface area contributed by atoms with Crippen LogP contribution in [0.25, 0.3) is 10.8 Å². The minimum atomic E-state index is -1.11. The summed E-state index contributed by atoms with van der Waals surface area (Å²) in [6, 6.07) is 12.9. The number of amides is 1. The SMILES string of the molecule is CC(=O)N[C@@H]1[C@@H](OC(C)=O)[C@H](OC(C)=O)[C@@H](COC(C)=O)O[C@H]1Sc1ccc2ccccc2c1. The summed E-state index contributed by atoms with van der Waals surface area (Å²) in [7, 11) is 0. The largest absolute Gasteiger partial charge is 0.463 e. The van der Waals surface area contributed by atoms with E-state index in [4.69, 9.17) is 18.9 Å². The van der Waals surface area contributed by atoms with Gasteiger partial charge in [0, 0.05) is 32.6 Å². The molecule has 0 aromatic heterocycles. The molecule has 2 aromatic rings. The Balaban J connectivity index is 1.98. The van der Waals surface area contributed by atoms with Crippen LogP contribution in [0.4, 0.5) is 0 Å². The summed E-state index contributed by atoms with van der Waals surface area (Å²) in [6.45, 7) is 4.77. The van der Waals surface area contributed by atoms with Gasteiger partial charge in [-0.25, -0.2) is 0 Å². The van der Waals surface area contributed by atoms with Crippen molar-refractivity contribution < 1.29 is 38.1 Å². The van der Waals surface area contributed by atoms with Crippen LogP contribution in [0.1, 0.15) is 27.7 Å². The van der Waals surface area contributed by atoms with Gasteiger partial charge >= 0.3 is 17.9 Å². The van der Waals surface area contributed by atoms with Crippen molar-refractivity contribution in [2.75, 3.05) is 6.61 Å². The summed E-state index contributed by atoms with van der Waals surface area (Å²) >= 11 is 1.31. The molecule has 182 valence electrons. The first kappa shape index (κ1) is 25.5. The van der Waals surface area contributed by atoms with Crippen molar-refractivity contribution in [3.63, 3.8) is 0 Å². The third-order valence-corrected chi connectivity index (χ3v) is 6.21. The van der Waals surface area contributed by atoms with Crippen LogP contribution in [0.3, 0.4) is 0 Å². The molecule has 5 atom stereocenters. The molecular weight excluding hydrogens is 462 g/mol. The second kappa shape index (κ2) is 11.3. The Morgan fingerprint density at radius 3 is 2.15 bits per heavy atom. The lowest BCUT2D eigenvalue weighted by atomic mass is 9.97. The second-order valence-corrected chi connectivity index (χ2v) is 9.02. The van der Waals surface area contributed by atoms with E-state index in [9.17, 15) is 19.2 Å². The normalized spacial score (nSPS) is 24.2. The van der Waals surface area contributed by atoms with Crippen molar-refractivity contribution in [1.29, 1.82) is 0 Å². The number of carbonyl (C=O) groups is 4. The average Bonchev–Trinajstić information content (AvgIpc) is 2.75. The van der Waals surface area contributed by atoms with Crippen LogP contribution in [-0.2, 0) is 38.1 Å². The molecule has 1 aliphatic rings. The average molecular weight is 490 g/mol. The van der Waals surface area contributed by atoms with Crippen LogP contribution < -0.4 is 5.32 Å². The zero-order chi connectivity index (χ0) is 24.8. The van der Waals surface area contributed by atoms with E-state index in [0.717, 1.165) is 15.7 Å². The molecule has 0 unspecified atom stereocenters. The van der Waals surface area contributed by atoms with Crippen LogP contribution in [0, 0.1) is 0 Å². The molecule has 9 nitrogen and oxygen atoms in total. The first-order valence-electron chi connectivity index (χ1n) is 10.7. The van der Waals surface area contributed by atoms with Crippen LogP contribution in [0.5, 0.6) is 0 Å². The molecule has 2 aromatic carbocycles. The van der Waals surface area contributed by atoms with Gasteiger partial charge in [0.25, 0.3) is 0 Å². The van der Waals surface area contributed by atoms with Gasteiger partial charge in [-0.1, -0.05) is 42.1 Å². The van der Waals surface area contributed by atoms with Crippen molar-refractivity contribution in [2.45, 2.75) is 62.4 Å². The Labute approximate surface area is 201 Å². The lowest BCUT2D eigenvalue weighted by molar-refractivity contribution is -0.211. The number of fused-ring (bicyclic) bond motifs is 1. The molecule has 0 aliphatic carbocycles. The summed E-state index contributed by atoms with van der Waals surface area (Å²) in [5.41, 5.74) is -0.748. The van der Waals surface area contributed by atoms with E-state index in [1.807, 2.05) is 42.5 Å². The number of nitrogens with one attached hydrogen (secondary N) is 1. The van der Waals surface area contributed by atoms with E-state index in [1.54, 1.807) is 0 Å². The topological polar surface area (TPSA) is 117 Å². The Kier molecular flexibility index (Phi) is 8.51. The number of benzene rings is 2. The van der Waals surface area contributed by atoms with E-state index in [0.29, 0.717) is 0 Å². The van der Waals surface area contributed by atoms with E-state index in [1.165, 1.54) is 39.5 Å². The lowest BCUT2D eigenvalue weighted by Crippen LogP contribution is -2.65. The standard InChI is InChI=1S/C24H27NO8S/c1-13(26)25-21-23(32-16(4)29)22(31-15(3)28)20(12-30-14(2)27)33-24(21)34-19-10-9-17-7-5-6-8-18(17)11-19/h5-11,20-24H,12H2,1-4H3,(H,25,26)/t20-,21-,22-,23-,24+/m1/s1. The van der Waals surface area contributed by atoms with Crippen molar-refractivity contribution >= 4 is 46.3 Å². The molecule has 1 heterocycles. The fourth-order valence-electron chi connectivity index (χ4n) is 3.77. The number of carbonyl (C=O) groups excluding carboxylic acids is 4. The molecule has 1 aliphatic heterocycles. The monoisotopic (exact) mass is 489 g/mol. The fraction of sp³-hybridized carbons (Fsp3) is 0.417. The zero-order valence-corrected chi connectivity index (χ0v) is 20.1. The van der Waals surface area contributed by atoms with Crippen molar-refractivity contribution in [3.8, 4) is 0 Å². The summed E-state index contributed by atoms with van der Waals surface area (Å²) in [5.74, 6) is -2.19. The quantitative estimate of drug-likeness (QED) is 0.462. The highest BCUT2D eigenvalue weighted by Crippen LogP contribution is 2.37. The summed E-state index contributed by atoms with van der Waals surface area (Å²) in [6.07, 6.45) is -3.11. The number of thioether (sulfide) groups is 1. The van der Waals surface area contributed by atoms with E-state index in [-0.39, 0.29) is 12.5 Å². The molecular formula is C24H27NO8S. The highest BCUT2D eigenvalue weighted by molar-refractivity contribution is 7.99. The van der Waals surface area contributed by atoms with E-state index < -0.39 is 47.7 Å². The predicted molar refractivity (Wildman–Crippen MR) is 124 cm³/mol. The molecule has 0 spiro atoms. The zero-order valence-electron chi connectivity index (χ0n) is 19.3. The van der Waals surface area contributed by atoms with Crippen LogP contribution >= 0.6 is 11.8 Å². The number of ether oxygens (including phenoxy) is 4. The Hall–Kier alpha value is -3.11. The molecule has 1 saturated heterocycles. The summed E-state index contributed by atoms with van der Waals surface area (Å²) in [5, 5.41) is 4.86. The minimum Gasteiger partial charge on any atom is -0.463 e. The molecule has 3 rings (SSSR count). The van der Waals surface area contributed by atoms with Gasteiger partial charge in [-0.2, -0.15) is 0 Å². The highest BCUT2D eigenvalue weighted by Gasteiger charge is 2.51. The van der Waals surface area contributed by atoms with Crippen molar-refractivity contribution in [1.82, 2.24) is 5.32 Å². The summed E-state index contributed by atoms with van der Waals surface area (Å²) in [4.78, 5) is 48.1.